The van der Waals surface area contributed by atoms with Crippen LogP contribution in [0.4, 0.5) is 34.1 Å². The molecular formula is C43H39Cl5N8O6. The van der Waals surface area contributed by atoms with Gasteiger partial charge in [-0.1, -0.05) is 70.1 Å². The molecule has 62 heavy (non-hydrogen) atoms. The summed E-state index contributed by atoms with van der Waals surface area (Å²) in [5.41, 5.74) is 14.8. The topological polar surface area (TPSA) is 205 Å². The van der Waals surface area contributed by atoms with Gasteiger partial charge in [-0.15, -0.1) is 0 Å². The lowest BCUT2D eigenvalue weighted by Gasteiger charge is -2.18. The van der Waals surface area contributed by atoms with E-state index in [-0.39, 0.29) is 60.3 Å². The molecule has 322 valence electrons. The molecule has 2 amide bonds. The second kappa shape index (κ2) is 20.5. The first-order valence-electron chi connectivity index (χ1n) is 18.3. The van der Waals surface area contributed by atoms with Gasteiger partial charge >= 0.3 is 0 Å². The minimum Gasteiger partial charge on any atom is -0.493 e. The number of Topliss-reactive ketones (excluding diaryl/α,β-unsaturated/α-hetero) is 2. The fourth-order valence-electron chi connectivity index (χ4n) is 5.57. The number of aliphatic hydroxyl groups is 2. The fraction of sp³-hybridized carbons (Fsp3) is 0.116. The van der Waals surface area contributed by atoms with Crippen LogP contribution in [0.5, 0.6) is 0 Å². The average molecular weight is 941 g/mol. The Bertz CT molecular complexity index is 2490. The fourth-order valence-corrected chi connectivity index (χ4v) is 6.59. The van der Waals surface area contributed by atoms with Crippen molar-refractivity contribution in [3.8, 4) is 0 Å². The average Bonchev–Trinajstić information content (AvgIpc) is 3.21. The van der Waals surface area contributed by atoms with Gasteiger partial charge in [0.25, 0.3) is 11.8 Å². The summed E-state index contributed by atoms with van der Waals surface area (Å²) in [6, 6.07) is 22.2. The van der Waals surface area contributed by atoms with Crippen molar-refractivity contribution in [1.29, 1.82) is 0 Å². The first-order valence-corrected chi connectivity index (χ1v) is 20.2. The van der Waals surface area contributed by atoms with Crippen molar-refractivity contribution in [3.05, 3.63) is 161 Å². The number of hydrogen-bond acceptors (Lipinski definition) is 12. The van der Waals surface area contributed by atoms with E-state index in [0.29, 0.717) is 38.1 Å². The van der Waals surface area contributed by atoms with Crippen molar-refractivity contribution in [1.82, 2.24) is 10.9 Å². The molecular weight excluding hydrogens is 902 g/mol. The lowest BCUT2D eigenvalue weighted by molar-refractivity contribution is -0.114. The molecule has 0 spiro atoms. The number of nitrogens with one attached hydrogen (secondary N) is 8. The van der Waals surface area contributed by atoms with Crippen molar-refractivity contribution in [2.24, 2.45) is 0 Å². The van der Waals surface area contributed by atoms with Crippen LogP contribution >= 0.6 is 58.0 Å². The van der Waals surface area contributed by atoms with Gasteiger partial charge in [-0.25, -0.2) is 0 Å². The van der Waals surface area contributed by atoms with E-state index >= 15 is 0 Å². The number of hydrazine groups is 2. The quantitative estimate of drug-likeness (QED) is 0.0255. The van der Waals surface area contributed by atoms with Gasteiger partial charge in [-0.2, -0.15) is 0 Å². The van der Waals surface area contributed by atoms with Crippen molar-refractivity contribution in [2.75, 3.05) is 32.1 Å². The number of hydrogen-bond donors (Lipinski definition) is 10. The molecule has 10 N–H and O–H groups in total. The number of aliphatic hydroxyl groups excluding tert-OH is 2. The predicted octanol–water partition coefficient (Wildman–Crippen LogP) is 11.1. The second-order valence-corrected chi connectivity index (χ2v) is 15.6. The molecule has 0 saturated heterocycles. The van der Waals surface area contributed by atoms with Gasteiger partial charge in [-0.05, 0) is 110 Å². The lowest BCUT2D eigenvalue weighted by atomic mass is 10.1. The lowest BCUT2D eigenvalue weighted by Crippen LogP contribution is -2.29. The zero-order chi connectivity index (χ0) is 45.4. The largest absolute Gasteiger partial charge is 0.493 e. The number of carbonyl (C=O) groups is 4. The highest BCUT2D eigenvalue weighted by Gasteiger charge is 2.19. The van der Waals surface area contributed by atoms with Crippen LogP contribution < -0.4 is 43.0 Å². The molecule has 0 aliphatic carbocycles. The molecule has 0 fully saturated rings. The first kappa shape index (κ1) is 46.8. The third kappa shape index (κ3) is 11.5. The summed E-state index contributed by atoms with van der Waals surface area (Å²) in [5, 5.41) is 34.3. The van der Waals surface area contributed by atoms with Crippen molar-refractivity contribution >= 4 is 116 Å². The summed E-state index contributed by atoms with van der Waals surface area (Å²) < 4.78 is 0. The van der Waals surface area contributed by atoms with Crippen LogP contribution in [-0.2, 0) is 9.59 Å². The van der Waals surface area contributed by atoms with Crippen LogP contribution in [0.25, 0.3) is 0 Å². The first-order chi connectivity index (χ1) is 29.3. The van der Waals surface area contributed by atoms with Crippen LogP contribution in [-0.4, -0.2) is 33.6 Å². The maximum Gasteiger partial charge on any atom is 0.255 e. The number of benzene rings is 5. The van der Waals surface area contributed by atoms with E-state index in [0.717, 1.165) is 0 Å². The summed E-state index contributed by atoms with van der Waals surface area (Å²) >= 11 is 31.8. The Labute approximate surface area is 381 Å². The summed E-state index contributed by atoms with van der Waals surface area (Å²) in [4.78, 5) is 51.0. The predicted molar refractivity (Wildman–Crippen MR) is 249 cm³/mol. The molecule has 0 aliphatic heterocycles. The van der Waals surface area contributed by atoms with Gasteiger partial charge in [0.2, 0.25) is 11.8 Å². The highest BCUT2D eigenvalue weighted by atomic mass is 35.5. The zero-order valence-electron chi connectivity index (χ0n) is 33.5. The maximum absolute atomic E-state index is 12.9. The van der Waals surface area contributed by atoms with Gasteiger partial charge in [-0.3, -0.25) is 40.9 Å². The molecule has 0 saturated carbocycles. The molecule has 0 heterocycles. The Kier molecular flexibility index (Phi) is 15.5. The number of aryl methyl sites for hydroxylation is 1. The zero-order valence-corrected chi connectivity index (χ0v) is 37.3. The van der Waals surface area contributed by atoms with Crippen LogP contribution in [0.3, 0.4) is 0 Å². The molecule has 0 unspecified atom stereocenters. The van der Waals surface area contributed by atoms with Crippen LogP contribution in [0, 0.1) is 20.8 Å². The highest BCUT2D eigenvalue weighted by Crippen LogP contribution is 2.32. The van der Waals surface area contributed by atoms with Crippen molar-refractivity contribution in [2.45, 2.75) is 34.6 Å². The third-order valence-electron chi connectivity index (χ3n) is 9.14. The number of rotatable bonds is 16. The van der Waals surface area contributed by atoms with Crippen LogP contribution in [0.1, 0.15) is 51.3 Å². The number of anilines is 6. The summed E-state index contributed by atoms with van der Waals surface area (Å²) in [5.74, 6) is -3.15. The van der Waals surface area contributed by atoms with Gasteiger partial charge in [0.05, 0.1) is 32.1 Å². The SMILES string of the molecule is CC(=O)/C(NNc1ccc(C(=O)Nc2cccc(Cl)c2C)cc1Cl)=C(/O)Nc1cc(Cl)c(N/C(O)=C(/NNc2ccc(C(=O)Nc3cccc(Cl)c3C)cc2Cl)C(C)=O)cc1C. The number of ketones is 2. The third-order valence-corrected chi connectivity index (χ3v) is 10.9. The Morgan fingerprint density at radius 1 is 0.452 bits per heavy atom. The second-order valence-electron chi connectivity index (χ2n) is 13.6. The highest BCUT2D eigenvalue weighted by molar-refractivity contribution is 6.35. The van der Waals surface area contributed by atoms with Crippen molar-refractivity contribution < 1.29 is 29.4 Å². The van der Waals surface area contributed by atoms with E-state index in [1.165, 1.54) is 62.4 Å². The smallest absolute Gasteiger partial charge is 0.255 e. The van der Waals surface area contributed by atoms with E-state index in [4.69, 9.17) is 58.0 Å². The number of amides is 2. The Hall–Kier alpha value is -6.29. The Morgan fingerprint density at radius 2 is 0.855 bits per heavy atom. The van der Waals surface area contributed by atoms with E-state index in [1.54, 1.807) is 57.2 Å². The standard InChI is InChI=1S/C43H39Cl5N8O6/c1-20-16-37(52-43(62)39(24(5)58)56-54-35-15-13-26(18-30(35)47)41(60)50-33-11-7-9-28(45)22(33)3)31(48)19-36(20)51-42(61)38(23(4)57)55-53-34-14-12-25(17-29(34)46)40(59)49-32-10-6-8-27(44)21(32)2/h6-19,51-56,61-62H,1-5H3,(H,49,59)(H,50,60)/b42-38-,43-39-. The van der Waals surface area contributed by atoms with E-state index in [9.17, 15) is 29.4 Å². The molecule has 14 nitrogen and oxygen atoms in total. The molecule has 0 aromatic heterocycles. The summed E-state index contributed by atoms with van der Waals surface area (Å²) in [6.07, 6.45) is 0. The monoisotopic (exact) mass is 938 g/mol. The number of allylic oxidation sites excluding steroid dienone is 2. The van der Waals surface area contributed by atoms with Crippen LogP contribution in [0.2, 0.25) is 25.1 Å². The molecule has 19 heteroatoms. The maximum atomic E-state index is 12.9. The van der Waals surface area contributed by atoms with E-state index in [2.05, 4.69) is 43.0 Å². The minimum absolute atomic E-state index is 0.0510. The molecule has 5 rings (SSSR count). The number of carbonyl (C=O) groups excluding carboxylic acids is 4. The Balaban J connectivity index is 1.24. The Morgan fingerprint density at radius 3 is 1.26 bits per heavy atom. The van der Waals surface area contributed by atoms with Gasteiger partial charge in [0.15, 0.2) is 23.0 Å². The van der Waals surface area contributed by atoms with Crippen molar-refractivity contribution in [3.63, 3.8) is 0 Å². The molecule has 0 radical (unpaired) electrons. The molecule has 0 atom stereocenters. The molecule has 5 aromatic rings. The summed E-state index contributed by atoms with van der Waals surface area (Å²) in [6.45, 7) is 7.66. The minimum atomic E-state index is -0.601. The molecule has 0 bridgehead atoms. The number of halogens is 5. The summed E-state index contributed by atoms with van der Waals surface area (Å²) in [7, 11) is 0. The van der Waals surface area contributed by atoms with Gasteiger partial charge in [0, 0.05) is 52.1 Å². The van der Waals surface area contributed by atoms with E-state index < -0.39 is 35.1 Å². The molecule has 0 aliphatic rings. The van der Waals surface area contributed by atoms with Gasteiger partial charge < -0.3 is 31.5 Å². The van der Waals surface area contributed by atoms with Crippen LogP contribution in [0.15, 0.2) is 108 Å². The van der Waals surface area contributed by atoms with E-state index in [1.807, 2.05) is 0 Å². The molecule has 5 aromatic carbocycles. The van der Waals surface area contributed by atoms with Gasteiger partial charge in [0.1, 0.15) is 0 Å². The normalized spacial score (nSPS) is 11.6.